The highest BCUT2D eigenvalue weighted by Crippen LogP contribution is 2.35. The number of aromatic amines is 1. The van der Waals surface area contributed by atoms with Gasteiger partial charge >= 0.3 is 0 Å². The minimum absolute atomic E-state index is 0.683. The lowest BCUT2D eigenvalue weighted by Crippen LogP contribution is -2.16. The van der Waals surface area contributed by atoms with E-state index >= 15 is 0 Å². The Morgan fingerprint density at radius 3 is 2.67 bits per heavy atom. The van der Waals surface area contributed by atoms with Crippen LogP contribution in [0.2, 0.25) is 0 Å². The number of rotatable bonds is 5. The van der Waals surface area contributed by atoms with E-state index in [1.165, 1.54) is 56.5 Å². The molecular formula is C15H25N3. The van der Waals surface area contributed by atoms with E-state index in [2.05, 4.69) is 22.2 Å². The first kappa shape index (κ1) is 12.2. The zero-order valence-corrected chi connectivity index (χ0v) is 11.4. The van der Waals surface area contributed by atoms with Gasteiger partial charge in [-0.05, 0) is 44.4 Å². The fourth-order valence-electron chi connectivity index (χ4n) is 3.06. The lowest BCUT2D eigenvalue weighted by atomic mass is 9.80. The van der Waals surface area contributed by atoms with E-state index in [-0.39, 0.29) is 0 Å². The van der Waals surface area contributed by atoms with Crippen molar-refractivity contribution in [3.8, 4) is 0 Å². The predicted molar refractivity (Wildman–Crippen MR) is 73.4 cm³/mol. The Morgan fingerprint density at radius 1 is 1.22 bits per heavy atom. The van der Waals surface area contributed by atoms with Crippen molar-refractivity contribution in [3.63, 3.8) is 0 Å². The molecule has 1 heterocycles. The molecule has 0 atom stereocenters. The van der Waals surface area contributed by atoms with Crippen LogP contribution in [0, 0.1) is 5.92 Å². The second-order valence-electron chi connectivity index (χ2n) is 6.07. The molecule has 1 aromatic heterocycles. The summed E-state index contributed by atoms with van der Waals surface area (Å²) >= 11 is 0. The van der Waals surface area contributed by atoms with E-state index < -0.39 is 0 Å². The smallest absolute Gasteiger partial charge is 0.109 e. The number of hydrogen-bond donors (Lipinski definition) is 2. The molecule has 3 nitrogen and oxygen atoms in total. The van der Waals surface area contributed by atoms with Gasteiger partial charge < -0.3 is 10.3 Å². The van der Waals surface area contributed by atoms with Crippen molar-refractivity contribution in [2.45, 2.75) is 70.4 Å². The Bertz CT molecular complexity index is 373. The first-order valence-electron chi connectivity index (χ1n) is 7.62. The molecule has 1 aromatic rings. The Hall–Kier alpha value is -0.830. The number of nitrogens with zero attached hydrogens (tertiary/aromatic N) is 1. The summed E-state index contributed by atoms with van der Waals surface area (Å²) in [6, 6.07) is 0.775. The molecule has 0 aromatic carbocycles. The largest absolute Gasteiger partial charge is 0.345 e. The number of nitrogens with one attached hydrogen (secondary N) is 2. The van der Waals surface area contributed by atoms with Gasteiger partial charge in [0.1, 0.15) is 5.82 Å². The average molecular weight is 247 g/mol. The Kier molecular flexibility index (Phi) is 3.69. The summed E-state index contributed by atoms with van der Waals surface area (Å²) in [7, 11) is 0. The lowest BCUT2D eigenvalue weighted by Gasteiger charge is -2.26. The average Bonchev–Trinajstić information content (AvgIpc) is 3.14. The molecule has 0 amide bonds. The highest BCUT2D eigenvalue weighted by atomic mass is 15.0. The third-order valence-corrected chi connectivity index (χ3v) is 4.62. The van der Waals surface area contributed by atoms with Gasteiger partial charge in [-0.3, -0.25) is 0 Å². The van der Waals surface area contributed by atoms with E-state index in [0.717, 1.165) is 18.5 Å². The highest BCUT2D eigenvalue weighted by molar-refractivity contribution is 5.07. The van der Waals surface area contributed by atoms with E-state index in [1.54, 1.807) is 0 Å². The van der Waals surface area contributed by atoms with E-state index in [9.17, 15) is 0 Å². The fourth-order valence-corrected chi connectivity index (χ4v) is 3.06. The van der Waals surface area contributed by atoms with E-state index in [4.69, 9.17) is 0 Å². The van der Waals surface area contributed by atoms with Gasteiger partial charge in [-0.2, -0.15) is 0 Å². The molecule has 3 rings (SSSR count). The maximum atomic E-state index is 4.59. The summed E-state index contributed by atoms with van der Waals surface area (Å²) in [5.74, 6) is 2.88. The molecule has 2 N–H and O–H groups in total. The fraction of sp³-hybridized carbons (Fsp3) is 0.800. The molecule has 0 radical (unpaired) electrons. The molecule has 100 valence electrons. The van der Waals surface area contributed by atoms with Gasteiger partial charge in [0.2, 0.25) is 0 Å². The third-order valence-electron chi connectivity index (χ3n) is 4.62. The summed E-state index contributed by atoms with van der Waals surface area (Å²) in [6.45, 7) is 3.28. The zero-order chi connectivity index (χ0) is 12.4. The number of H-pyrrole nitrogens is 1. The Balaban J connectivity index is 1.52. The van der Waals surface area contributed by atoms with Gasteiger partial charge in [0, 0.05) is 30.4 Å². The summed E-state index contributed by atoms with van der Waals surface area (Å²) < 4.78 is 0. The lowest BCUT2D eigenvalue weighted by molar-refractivity contribution is 0.313. The SMILES string of the molecule is CCC1CCC(c2ncc(CNC3CC3)[nH]2)CC1. The quantitative estimate of drug-likeness (QED) is 0.837. The van der Waals surface area contributed by atoms with Crippen LogP contribution < -0.4 is 5.32 Å². The molecule has 2 aliphatic rings. The number of hydrogen-bond acceptors (Lipinski definition) is 2. The van der Waals surface area contributed by atoms with E-state index in [0.29, 0.717) is 5.92 Å². The van der Waals surface area contributed by atoms with E-state index in [1.807, 2.05) is 6.20 Å². The number of imidazole rings is 1. The Morgan fingerprint density at radius 2 is 2.00 bits per heavy atom. The maximum Gasteiger partial charge on any atom is 0.109 e. The van der Waals surface area contributed by atoms with Crippen LogP contribution in [0.1, 0.15) is 69.3 Å². The van der Waals surface area contributed by atoms with Crippen LogP contribution in [0.25, 0.3) is 0 Å². The molecule has 2 fully saturated rings. The first-order valence-corrected chi connectivity index (χ1v) is 7.62. The van der Waals surface area contributed by atoms with Gasteiger partial charge in [-0.25, -0.2) is 4.98 Å². The molecule has 0 aliphatic heterocycles. The standard InChI is InChI=1S/C15H25N3/c1-2-11-3-5-12(6-4-11)15-17-10-14(18-15)9-16-13-7-8-13/h10-13,16H,2-9H2,1H3,(H,17,18). The molecule has 0 spiro atoms. The monoisotopic (exact) mass is 247 g/mol. The van der Waals surface area contributed by atoms with Gasteiger partial charge in [-0.15, -0.1) is 0 Å². The van der Waals surface area contributed by atoms with Crippen LogP contribution in [0.5, 0.6) is 0 Å². The minimum Gasteiger partial charge on any atom is -0.345 e. The van der Waals surface area contributed by atoms with Crippen LogP contribution >= 0.6 is 0 Å². The molecule has 0 unspecified atom stereocenters. The second-order valence-corrected chi connectivity index (χ2v) is 6.07. The van der Waals surface area contributed by atoms with Gasteiger partial charge in [-0.1, -0.05) is 13.3 Å². The maximum absolute atomic E-state index is 4.59. The summed E-state index contributed by atoms with van der Waals surface area (Å²) in [5, 5.41) is 3.53. The molecule has 2 saturated carbocycles. The van der Waals surface area contributed by atoms with Crippen molar-refractivity contribution < 1.29 is 0 Å². The van der Waals surface area contributed by atoms with Crippen LogP contribution in [-0.2, 0) is 6.54 Å². The minimum atomic E-state index is 0.683. The van der Waals surface area contributed by atoms with Crippen LogP contribution in [-0.4, -0.2) is 16.0 Å². The molecule has 3 heteroatoms. The second kappa shape index (κ2) is 5.43. The normalized spacial score (nSPS) is 28.5. The van der Waals surface area contributed by atoms with Crippen molar-refractivity contribution in [3.05, 3.63) is 17.7 Å². The molecule has 0 saturated heterocycles. The van der Waals surface area contributed by atoms with Crippen molar-refractivity contribution in [2.24, 2.45) is 5.92 Å². The molecular weight excluding hydrogens is 222 g/mol. The zero-order valence-electron chi connectivity index (χ0n) is 11.4. The predicted octanol–water partition coefficient (Wildman–Crippen LogP) is 3.35. The third kappa shape index (κ3) is 2.94. The molecule has 18 heavy (non-hydrogen) atoms. The topological polar surface area (TPSA) is 40.7 Å². The van der Waals surface area contributed by atoms with Gasteiger partial charge in [0.15, 0.2) is 0 Å². The van der Waals surface area contributed by atoms with Gasteiger partial charge in [0.05, 0.1) is 0 Å². The number of aromatic nitrogens is 2. The van der Waals surface area contributed by atoms with Crippen LogP contribution in [0.15, 0.2) is 6.20 Å². The summed E-state index contributed by atoms with van der Waals surface area (Å²) in [6.07, 6.45) is 11.5. The van der Waals surface area contributed by atoms with Crippen LogP contribution in [0.4, 0.5) is 0 Å². The van der Waals surface area contributed by atoms with Gasteiger partial charge in [0.25, 0.3) is 0 Å². The van der Waals surface area contributed by atoms with Crippen molar-refractivity contribution in [2.75, 3.05) is 0 Å². The summed E-state index contributed by atoms with van der Waals surface area (Å²) in [4.78, 5) is 8.12. The van der Waals surface area contributed by atoms with Crippen molar-refractivity contribution >= 4 is 0 Å². The van der Waals surface area contributed by atoms with Crippen molar-refractivity contribution in [1.82, 2.24) is 15.3 Å². The van der Waals surface area contributed by atoms with Crippen molar-refractivity contribution in [1.29, 1.82) is 0 Å². The molecule has 2 aliphatic carbocycles. The Labute approximate surface area is 110 Å². The first-order chi connectivity index (χ1) is 8.85. The summed E-state index contributed by atoms with van der Waals surface area (Å²) in [5.41, 5.74) is 1.26. The highest BCUT2D eigenvalue weighted by Gasteiger charge is 2.24. The molecule has 0 bridgehead atoms. The van der Waals surface area contributed by atoms with Crippen LogP contribution in [0.3, 0.4) is 0 Å².